The van der Waals surface area contributed by atoms with Gasteiger partial charge in [-0.05, 0) is 115 Å². The molecule has 0 N–H and O–H groups in total. The Balaban J connectivity index is 0.976. The first-order valence-corrected chi connectivity index (χ1v) is 18.2. The molecule has 0 aliphatic carbocycles. The van der Waals surface area contributed by atoms with Gasteiger partial charge in [-0.3, -0.25) is 0 Å². The van der Waals surface area contributed by atoms with Crippen LogP contribution in [0.5, 0.6) is 0 Å². The number of benzene rings is 9. The maximum Gasteiger partial charge on any atom is 0.0467 e. The maximum atomic E-state index is 2.33. The highest BCUT2D eigenvalue weighted by Crippen LogP contribution is 2.38. The molecule has 0 radical (unpaired) electrons. The van der Waals surface area contributed by atoms with Crippen LogP contribution in [-0.4, -0.2) is 0 Å². The van der Waals surface area contributed by atoms with E-state index in [0.29, 0.717) is 0 Å². The lowest BCUT2D eigenvalue weighted by Gasteiger charge is -2.26. The fourth-order valence-electron chi connectivity index (χ4n) is 7.24. The smallest absolute Gasteiger partial charge is 0.0467 e. The summed E-state index contributed by atoms with van der Waals surface area (Å²) < 4.78 is 0. The van der Waals surface area contributed by atoms with Gasteiger partial charge in [-0.15, -0.1) is 0 Å². The van der Waals surface area contributed by atoms with Crippen LogP contribution in [0.25, 0.3) is 66.4 Å². The van der Waals surface area contributed by atoms with E-state index in [1.807, 2.05) is 0 Å². The molecule has 0 amide bonds. The highest BCUT2D eigenvalue weighted by molar-refractivity contribution is 5.88. The molecule has 0 aromatic heterocycles. The molecule has 250 valence electrons. The molecule has 53 heavy (non-hydrogen) atoms. The predicted octanol–water partition coefficient (Wildman–Crippen LogP) is 14.6. The molecule has 0 unspecified atom stereocenters. The van der Waals surface area contributed by atoms with Crippen molar-refractivity contribution in [3.8, 4) is 55.6 Å². The van der Waals surface area contributed by atoms with Crippen molar-refractivity contribution >= 4 is 27.8 Å². The quantitative estimate of drug-likeness (QED) is 0.155. The molecule has 9 rings (SSSR count). The summed E-state index contributed by atoms with van der Waals surface area (Å²) in [4.78, 5) is 2.33. The van der Waals surface area contributed by atoms with Gasteiger partial charge < -0.3 is 4.90 Å². The van der Waals surface area contributed by atoms with Gasteiger partial charge in [0.2, 0.25) is 0 Å². The van der Waals surface area contributed by atoms with Crippen LogP contribution in [0.15, 0.2) is 224 Å². The number of para-hydroxylation sites is 1. The van der Waals surface area contributed by atoms with E-state index in [4.69, 9.17) is 0 Å². The third-order valence-electron chi connectivity index (χ3n) is 10.1. The normalized spacial score (nSPS) is 11.0. The van der Waals surface area contributed by atoms with Crippen LogP contribution in [0.3, 0.4) is 0 Å². The Bertz CT molecular complexity index is 2620. The molecular weight excluding hydrogens is 639 g/mol. The number of fused-ring (bicyclic) bond motifs is 1. The van der Waals surface area contributed by atoms with Gasteiger partial charge in [0.1, 0.15) is 0 Å². The summed E-state index contributed by atoms with van der Waals surface area (Å²) in [5, 5.41) is 2.52. The average molecular weight is 676 g/mol. The van der Waals surface area contributed by atoms with E-state index in [1.54, 1.807) is 0 Å². The molecule has 0 saturated carbocycles. The third-order valence-corrected chi connectivity index (χ3v) is 10.1. The minimum absolute atomic E-state index is 1.11. The zero-order chi connectivity index (χ0) is 35.4. The molecule has 0 atom stereocenters. The Hall–Kier alpha value is -6.96. The molecule has 0 fully saturated rings. The number of hydrogen-bond acceptors (Lipinski definition) is 1. The molecule has 0 heterocycles. The first kappa shape index (κ1) is 32.0. The van der Waals surface area contributed by atoms with Gasteiger partial charge in [0.25, 0.3) is 0 Å². The van der Waals surface area contributed by atoms with Gasteiger partial charge in [-0.25, -0.2) is 0 Å². The fourth-order valence-corrected chi connectivity index (χ4v) is 7.24. The predicted molar refractivity (Wildman–Crippen MR) is 226 cm³/mol. The van der Waals surface area contributed by atoms with E-state index in [0.717, 1.165) is 17.1 Å². The summed E-state index contributed by atoms with van der Waals surface area (Å²) in [5.41, 5.74) is 15.4. The molecule has 1 nitrogen and oxygen atoms in total. The second-order valence-electron chi connectivity index (χ2n) is 13.4. The van der Waals surface area contributed by atoms with E-state index in [-0.39, 0.29) is 0 Å². The SMILES string of the molecule is c1ccc(-c2ccc(-c3cccc(N(c4ccccc4)c4ccc(-c5ccc(-c6cccc(-c7ccc8ccccc8c7)c6)cc5)cc4)c3)cc2)cc1. The van der Waals surface area contributed by atoms with E-state index in [9.17, 15) is 0 Å². The number of nitrogens with zero attached hydrogens (tertiary/aromatic N) is 1. The van der Waals surface area contributed by atoms with E-state index >= 15 is 0 Å². The van der Waals surface area contributed by atoms with Crippen molar-refractivity contribution < 1.29 is 0 Å². The first-order chi connectivity index (χ1) is 26.2. The Morgan fingerprint density at radius 2 is 0.547 bits per heavy atom. The highest BCUT2D eigenvalue weighted by Gasteiger charge is 2.14. The van der Waals surface area contributed by atoms with Gasteiger partial charge in [0.15, 0.2) is 0 Å². The largest absolute Gasteiger partial charge is 0.310 e. The zero-order valence-electron chi connectivity index (χ0n) is 29.3. The van der Waals surface area contributed by atoms with E-state index in [2.05, 4.69) is 229 Å². The van der Waals surface area contributed by atoms with Gasteiger partial charge >= 0.3 is 0 Å². The number of rotatable bonds is 8. The number of anilines is 3. The molecule has 1 heteroatoms. The lowest BCUT2D eigenvalue weighted by molar-refractivity contribution is 1.28. The highest BCUT2D eigenvalue weighted by atomic mass is 15.1. The summed E-state index contributed by atoms with van der Waals surface area (Å²) in [6.45, 7) is 0. The van der Waals surface area contributed by atoms with Crippen molar-refractivity contribution in [1.82, 2.24) is 0 Å². The monoisotopic (exact) mass is 675 g/mol. The van der Waals surface area contributed by atoms with Crippen molar-refractivity contribution in [3.63, 3.8) is 0 Å². The van der Waals surface area contributed by atoms with Crippen molar-refractivity contribution in [2.24, 2.45) is 0 Å². The van der Waals surface area contributed by atoms with Crippen LogP contribution in [0.2, 0.25) is 0 Å². The Morgan fingerprint density at radius 3 is 1.17 bits per heavy atom. The van der Waals surface area contributed by atoms with Crippen LogP contribution in [0, 0.1) is 0 Å². The van der Waals surface area contributed by atoms with Crippen LogP contribution in [-0.2, 0) is 0 Å². The average Bonchev–Trinajstić information content (AvgIpc) is 3.25. The summed E-state index contributed by atoms with van der Waals surface area (Å²) in [6.07, 6.45) is 0. The minimum Gasteiger partial charge on any atom is -0.310 e. The van der Waals surface area contributed by atoms with Gasteiger partial charge in [0.05, 0.1) is 0 Å². The first-order valence-electron chi connectivity index (χ1n) is 18.2. The second-order valence-corrected chi connectivity index (χ2v) is 13.4. The molecule has 9 aromatic rings. The molecule has 0 spiro atoms. The van der Waals surface area contributed by atoms with Crippen LogP contribution >= 0.6 is 0 Å². The zero-order valence-corrected chi connectivity index (χ0v) is 29.3. The summed E-state index contributed by atoms with van der Waals surface area (Å²) in [7, 11) is 0. The van der Waals surface area contributed by atoms with Gasteiger partial charge in [-0.2, -0.15) is 0 Å². The van der Waals surface area contributed by atoms with Crippen molar-refractivity contribution in [2.45, 2.75) is 0 Å². The van der Waals surface area contributed by atoms with Crippen LogP contribution in [0.1, 0.15) is 0 Å². The summed E-state index contributed by atoms with van der Waals surface area (Å²) in [6, 6.07) is 80.7. The second kappa shape index (κ2) is 14.3. The molecule has 9 aromatic carbocycles. The van der Waals surface area contributed by atoms with Gasteiger partial charge in [0, 0.05) is 17.1 Å². The lowest BCUT2D eigenvalue weighted by Crippen LogP contribution is -2.09. The molecule has 0 saturated heterocycles. The third kappa shape index (κ3) is 6.77. The number of hydrogen-bond donors (Lipinski definition) is 0. The van der Waals surface area contributed by atoms with E-state index < -0.39 is 0 Å². The van der Waals surface area contributed by atoms with Gasteiger partial charge in [-0.1, -0.05) is 176 Å². The Labute approximate surface area is 311 Å². The topological polar surface area (TPSA) is 3.24 Å². The van der Waals surface area contributed by atoms with Crippen LogP contribution < -0.4 is 4.90 Å². The standard InChI is InChI=1S/C52H37N/c1-3-11-38(12-4-1)40-21-27-44(28-22-40)48-17-10-20-52(37-48)53(50-18-5-2-6-19-50)51-33-31-42(32-34-51)41-23-25-43(26-24-41)46-15-9-16-47(35-46)49-30-29-39-13-7-8-14-45(39)36-49/h1-37H. The van der Waals surface area contributed by atoms with E-state index in [1.165, 1.54) is 66.4 Å². The summed E-state index contributed by atoms with van der Waals surface area (Å²) in [5.74, 6) is 0. The minimum atomic E-state index is 1.11. The van der Waals surface area contributed by atoms with Crippen LogP contribution in [0.4, 0.5) is 17.1 Å². The molecule has 0 aliphatic rings. The lowest BCUT2D eigenvalue weighted by atomic mass is 9.96. The maximum absolute atomic E-state index is 2.33. The molecule has 0 aliphatic heterocycles. The molecular formula is C52H37N. The van der Waals surface area contributed by atoms with Crippen molar-refractivity contribution in [3.05, 3.63) is 224 Å². The molecule has 0 bridgehead atoms. The van der Waals surface area contributed by atoms with Crippen molar-refractivity contribution in [1.29, 1.82) is 0 Å². The Kier molecular flexibility index (Phi) is 8.66. The fraction of sp³-hybridized carbons (Fsp3) is 0. The Morgan fingerprint density at radius 1 is 0.189 bits per heavy atom. The summed E-state index contributed by atoms with van der Waals surface area (Å²) >= 11 is 0. The van der Waals surface area contributed by atoms with Crippen molar-refractivity contribution in [2.75, 3.05) is 4.90 Å².